The lowest BCUT2D eigenvalue weighted by atomic mass is 9.71. The fourth-order valence-corrected chi connectivity index (χ4v) is 4.94. The summed E-state index contributed by atoms with van der Waals surface area (Å²) in [5.74, 6) is 0.787. The number of ketones is 1. The summed E-state index contributed by atoms with van der Waals surface area (Å²) in [4.78, 5) is 26.7. The first-order valence-corrected chi connectivity index (χ1v) is 12.2. The molecular formula is C29H33NO5. The second-order valence-corrected chi connectivity index (χ2v) is 8.93. The molecule has 1 heterocycles. The lowest BCUT2D eigenvalue weighted by Gasteiger charge is -2.36. The van der Waals surface area contributed by atoms with Gasteiger partial charge in [0.25, 0.3) is 0 Å². The van der Waals surface area contributed by atoms with Gasteiger partial charge >= 0.3 is 5.97 Å². The van der Waals surface area contributed by atoms with Crippen LogP contribution < -0.4 is 14.8 Å². The summed E-state index contributed by atoms with van der Waals surface area (Å²) in [6.07, 6.45) is 2.00. The molecule has 2 aliphatic rings. The molecule has 2 atom stereocenters. The minimum absolute atomic E-state index is 0.0465. The van der Waals surface area contributed by atoms with Crippen molar-refractivity contribution in [1.82, 2.24) is 5.32 Å². The maximum Gasteiger partial charge on any atom is 0.336 e. The smallest absolute Gasteiger partial charge is 0.336 e. The van der Waals surface area contributed by atoms with Gasteiger partial charge in [0, 0.05) is 29.3 Å². The highest BCUT2D eigenvalue weighted by Crippen LogP contribution is 2.46. The molecule has 0 amide bonds. The van der Waals surface area contributed by atoms with E-state index in [1.54, 1.807) is 14.0 Å². The number of hydrogen-bond donors (Lipinski definition) is 1. The Morgan fingerprint density at radius 1 is 0.971 bits per heavy atom. The molecule has 6 nitrogen and oxygen atoms in total. The van der Waals surface area contributed by atoms with Crippen LogP contribution in [-0.2, 0) is 14.3 Å². The number of methoxy groups -OCH3 is 1. The highest BCUT2D eigenvalue weighted by atomic mass is 16.5. The molecule has 1 N–H and O–H groups in total. The molecule has 2 unspecified atom stereocenters. The van der Waals surface area contributed by atoms with Gasteiger partial charge in [0.05, 0.1) is 25.9 Å². The Balaban J connectivity index is 1.72. The van der Waals surface area contributed by atoms with Gasteiger partial charge in [-0.05, 0) is 68.0 Å². The Hall–Kier alpha value is -3.54. The second kappa shape index (κ2) is 10.8. The highest BCUT2D eigenvalue weighted by Gasteiger charge is 2.41. The number of hydrogen-bond acceptors (Lipinski definition) is 6. The Kier molecular flexibility index (Phi) is 7.59. The third-order valence-electron chi connectivity index (χ3n) is 6.60. The predicted molar refractivity (Wildman–Crippen MR) is 134 cm³/mol. The van der Waals surface area contributed by atoms with Crippen LogP contribution in [0.4, 0.5) is 0 Å². The van der Waals surface area contributed by atoms with Crippen molar-refractivity contribution >= 4 is 11.8 Å². The number of benzene rings is 2. The van der Waals surface area contributed by atoms with Crippen LogP contribution >= 0.6 is 0 Å². The van der Waals surface area contributed by atoms with E-state index in [4.69, 9.17) is 14.2 Å². The fraction of sp³-hybridized carbons (Fsp3) is 0.379. The lowest BCUT2D eigenvalue weighted by Crippen LogP contribution is -2.36. The van der Waals surface area contributed by atoms with Gasteiger partial charge in [-0.15, -0.1) is 0 Å². The van der Waals surface area contributed by atoms with Gasteiger partial charge in [0.2, 0.25) is 0 Å². The first-order valence-electron chi connectivity index (χ1n) is 12.2. The van der Waals surface area contributed by atoms with Crippen molar-refractivity contribution in [3.8, 4) is 11.5 Å². The molecule has 6 heteroatoms. The van der Waals surface area contributed by atoms with Gasteiger partial charge in [0.1, 0.15) is 11.5 Å². The van der Waals surface area contributed by atoms with E-state index in [9.17, 15) is 9.59 Å². The van der Waals surface area contributed by atoms with Gasteiger partial charge in [-0.3, -0.25) is 4.79 Å². The zero-order valence-corrected chi connectivity index (χ0v) is 20.9. The molecule has 0 aromatic heterocycles. The maximum absolute atomic E-state index is 13.6. The van der Waals surface area contributed by atoms with Crippen LogP contribution in [0.2, 0.25) is 0 Å². The summed E-state index contributed by atoms with van der Waals surface area (Å²) in [7, 11) is 1.64. The largest absolute Gasteiger partial charge is 0.497 e. The number of carbonyl (C=O) groups is 2. The summed E-state index contributed by atoms with van der Waals surface area (Å²) in [6, 6.07) is 15.6. The third kappa shape index (κ3) is 5.11. The Morgan fingerprint density at radius 3 is 2.26 bits per heavy atom. The van der Waals surface area contributed by atoms with Crippen LogP contribution in [0, 0.1) is 0 Å². The molecule has 4 rings (SSSR count). The minimum Gasteiger partial charge on any atom is -0.497 e. The van der Waals surface area contributed by atoms with Crippen molar-refractivity contribution in [2.45, 2.75) is 51.9 Å². The average Bonchev–Trinajstić information content (AvgIpc) is 2.87. The molecule has 0 spiro atoms. The van der Waals surface area contributed by atoms with Gasteiger partial charge in [-0.1, -0.05) is 31.2 Å². The Bertz CT molecular complexity index is 1140. The van der Waals surface area contributed by atoms with Gasteiger partial charge < -0.3 is 19.5 Å². The van der Waals surface area contributed by atoms with Crippen LogP contribution in [0.3, 0.4) is 0 Å². The molecular weight excluding hydrogens is 442 g/mol. The SMILES string of the molecule is CCCOc1ccc(C2C(C(=O)OCC)=C(C)NC3=C2C(=O)CC(c2ccc(OC)cc2)C3)cc1. The first-order chi connectivity index (χ1) is 17.0. The van der Waals surface area contributed by atoms with E-state index in [0.717, 1.165) is 40.4 Å². The summed E-state index contributed by atoms with van der Waals surface area (Å²) in [6.45, 7) is 6.63. The predicted octanol–water partition coefficient (Wildman–Crippen LogP) is 5.41. The summed E-state index contributed by atoms with van der Waals surface area (Å²) in [5, 5.41) is 3.39. The first kappa shape index (κ1) is 24.6. The number of nitrogens with one attached hydrogen (secondary N) is 1. The van der Waals surface area contributed by atoms with E-state index in [2.05, 4.69) is 12.2 Å². The monoisotopic (exact) mass is 475 g/mol. The molecule has 0 bridgehead atoms. The number of dihydropyridines is 1. The van der Waals surface area contributed by atoms with Crippen LogP contribution in [0.15, 0.2) is 71.1 Å². The molecule has 35 heavy (non-hydrogen) atoms. The second-order valence-electron chi connectivity index (χ2n) is 8.93. The van der Waals surface area contributed by atoms with Crippen molar-refractivity contribution in [1.29, 1.82) is 0 Å². The molecule has 1 aliphatic heterocycles. The van der Waals surface area contributed by atoms with Gasteiger partial charge in [0.15, 0.2) is 5.78 Å². The lowest BCUT2D eigenvalue weighted by molar-refractivity contribution is -0.138. The van der Waals surface area contributed by atoms with Gasteiger partial charge in [-0.2, -0.15) is 0 Å². The standard InChI is InChI=1S/C29H33NO5/c1-5-15-35-23-13-9-20(10-14-23)27-26(29(32)34-6-2)18(3)30-24-16-21(17-25(31)28(24)27)19-7-11-22(33-4)12-8-19/h7-14,21,27,30H,5-6,15-17H2,1-4H3. The van der Waals surface area contributed by atoms with Gasteiger partial charge in [-0.25, -0.2) is 4.79 Å². The van der Waals surface area contributed by atoms with Crippen molar-refractivity contribution in [3.05, 3.63) is 82.2 Å². The number of rotatable bonds is 8. The number of carbonyl (C=O) groups excluding carboxylic acids is 2. The molecule has 0 fully saturated rings. The van der Waals surface area contributed by atoms with Crippen molar-refractivity contribution in [2.75, 3.05) is 20.3 Å². The quantitative estimate of drug-likeness (QED) is 0.515. The molecule has 2 aromatic carbocycles. The normalized spacial score (nSPS) is 19.7. The third-order valence-corrected chi connectivity index (χ3v) is 6.60. The van der Waals surface area contributed by atoms with E-state index < -0.39 is 11.9 Å². The van der Waals surface area contributed by atoms with E-state index >= 15 is 0 Å². The van der Waals surface area contributed by atoms with Crippen LogP contribution in [-0.4, -0.2) is 32.1 Å². The summed E-state index contributed by atoms with van der Waals surface area (Å²) < 4.78 is 16.4. The van der Waals surface area contributed by atoms with Crippen molar-refractivity contribution < 1.29 is 23.8 Å². The molecule has 184 valence electrons. The molecule has 2 aromatic rings. The molecule has 0 saturated carbocycles. The maximum atomic E-state index is 13.6. The van der Waals surface area contributed by atoms with Crippen LogP contribution in [0.5, 0.6) is 11.5 Å². The number of ether oxygens (including phenoxy) is 3. The molecule has 0 saturated heterocycles. The zero-order chi connectivity index (χ0) is 24.9. The summed E-state index contributed by atoms with van der Waals surface area (Å²) in [5.41, 5.74) is 4.72. The van der Waals surface area contributed by atoms with E-state index in [1.807, 2.05) is 55.5 Å². The van der Waals surface area contributed by atoms with E-state index in [0.29, 0.717) is 30.6 Å². The Morgan fingerprint density at radius 2 is 1.63 bits per heavy atom. The van der Waals surface area contributed by atoms with Crippen LogP contribution in [0.25, 0.3) is 0 Å². The highest BCUT2D eigenvalue weighted by molar-refractivity contribution is 6.04. The van der Waals surface area contributed by atoms with Crippen LogP contribution in [0.1, 0.15) is 63.0 Å². The average molecular weight is 476 g/mol. The zero-order valence-electron chi connectivity index (χ0n) is 20.9. The van der Waals surface area contributed by atoms with E-state index in [1.165, 1.54) is 0 Å². The Labute approximate surface area is 207 Å². The topological polar surface area (TPSA) is 73.9 Å². The minimum atomic E-state index is -0.477. The van der Waals surface area contributed by atoms with Crippen molar-refractivity contribution in [3.63, 3.8) is 0 Å². The number of esters is 1. The van der Waals surface area contributed by atoms with E-state index in [-0.39, 0.29) is 18.3 Å². The summed E-state index contributed by atoms with van der Waals surface area (Å²) >= 11 is 0. The number of Topliss-reactive ketones (excluding diaryl/α,β-unsaturated/α-hetero) is 1. The molecule has 0 radical (unpaired) electrons. The fourth-order valence-electron chi connectivity index (χ4n) is 4.94. The number of allylic oxidation sites excluding steroid dienone is 3. The van der Waals surface area contributed by atoms with Crippen molar-refractivity contribution in [2.24, 2.45) is 0 Å². The molecule has 1 aliphatic carbocycles.